The number of benzene rings is 1. The van der Waals surface area contributed by atoms with Crippen LogP contribution in [0, 0.1) is 11.6 Å². The Morgan fingerprint density at radius 1 is 1.23 bits per heavy atom. The van der Waals surface area contributed by atoms with E-state index in [4.69, 9.17) is 0 Å². The number of rotatable bonds is 5. The van der Waals surface area contributed by atoms with Crippen LogP contribution in [0.3, 0.4) is 0 Å². The first-order valence-corrected chi connectivity index (χ1v) is 6.31. The normalized spacial score (nSPS) is 10.0. The van der Waals surface area contributed by atoms with Gasteiger partial charge in [-0.1, -0.05) is 0 Å². The Balaban J connectivity index is 3.18. The summed E-state index contributed by atoms with van der Waals surface area (Å²) >= 11 is 0. The highest BCUT2D eigenvalue weighted by atomic mass is 19.2. The van der Waals surface area contributed by atoms with Gasteiger partial charge in [-0.15, -0.1) is 0 Å². The van der Waals surface area contributed by atoms with Crippen LogP contribution < -0.4 is 4.90 Å². The molecule has 0 heterocycles. The van der Waals surface area contributed by atoms with Crippen LogP contribution in [0.1, 0.15) is 23.7 Å². The molecule has 22 heavy (non-hydrogen) atoms. The zero-order chi connectivity index (χ0) is 16.9. The fraction of sp³-hybridized carbons (Fsp3) is 0.357. The van der Waals surface area contributed by atoms with Crippen molar-refractivity contribution in [2.24, 2.45) is 0 Å². The minimum Gasteiger partial charge on any atom is -0.466 e. The number of carbonyl (C=O) groups excluding carboxylic acids is 3. The molecule has 0 fully saturated rings. The molecule has 0 saturated carbocycles. The monoisotopic (exact) mass is 315 g/mol. The molecule has 0 atom stereocenters. The van der Waals surface area contributed by atoms with Gasteiger partial charge >= 0.3 is 11.9 Å². The van der Waals surface area contributed by atoms with Gasteiger partial charge in [-0.2, -0.15) is 0 Å². The zero-order valence-corrected chi connectivity index (χ0v) is 12.3. The van der Waals surface area contributed by atoms with Gasteiger partial charge in [0.25, 0.3) is 0 Å². The molecule has 0 spiro atoms. The Morgan fingerprint density at radius 2 is 1.86 bits per heavy atom. The number of hydrogen-bond donors (Lipinski definition) is 0. The maximum absolute atomic E-state index is 14.0. The minimum atomic E-state index is -1.39. The Hall–Kier alpha value is -2.51. The van der Waals surface area contributed by atoms with E-state index >= 15 is 0 Å². The highest BCUT2D eigenvalue weighted by molar-refractivity contribution is 6.07. The summed E-state index contributed by atoms with van der Waals surface area (Å²) in [4.78, 5) is 35.5. The van der Waals surface area contributed by atoms with Gasteiger partial charge in [0.1, 0.15) is 6.42 Å². The van der Waals surface area contributed by atoms with Gasteiger partial charge < -0.3 is 14.4 Å². The van der Waals surface area contributed by atoms with E-state index in [9.17, 15) is 23.2 Å². The maximum atomic E-state index is 14.0. The van der Waals surface area contributed by atoms with Crippen molar-refractivity contribution in [1.29, 1.82) is 0 Å². The second-order valence-corrected chi connectivity index (χ2v) is 4.18. The SMILES string of the molecule is CCOC(=O)CC(=O)N(C)c1c(C(=O)OC)ccc(F)c1F. The van der Waals surface area contributed by atoms with E-state index in [-0.39, 0.29) is 12.2 Å². The highest BCUT2D eigenvalue weighted by Crippen LogP contribution is 2.27. The van der Waals surface area contributed by atoms with Crippen molar-refractivity contribution in [3.63, 3.8) is 0 Å². The number of carbonyl (C=O) groups is 3. The number of ether oxygens (including phenoxy) is 2. The van der Waals surface area contributed by atoms with Crippen LogP contribution in [0.15, 0.2) is 12.1 Å². The lowest BCUT2D eigenvalue weighted by Crippen LogP contribution is -2.31. The second kappa shape index (κ2) is 7.48. The highest BCUT2D eigenvalue weighted by Gasteiger charge is 2.26. The van der Waals surface area contributed by atoms with E-state index in [0.717, 1.165) is 26.3 Å². The molecule has 0 aliphatic rings. The third-order valence-corrected chi connectivity index (χ3v) is 2.78. The number of halogens is 2. The summed E-state index contributed by atoms with van der Waals surface area (Å²) < 4.78 is 36.4. The lowest BCUT2D eigenvalue weighted by atomic mass is 10.1. The largest absolute Gasteiger partial charge is 0.466 e. The van der Waals surface area contributed by atoms with Crippen molar-refractivity contribution >= 4 is 23.5 Å². The first kappa shape index (κ1) is 17.5. The van der Waals surface area contributed by atoms with Crippen LogP contribution in [0.5, 0.6) is 0 Å². The number of hydrogen-bond acceptors (Lipinski definition) is 5. The third kappa shape index (κ3) is 3.78. The summed E-state index contributed by atoms with van der Waals surface area (Å²) in [6.07, 6.45) is -0.666. The fourth-order valence-electron chi connectivity index (χ4n) is 1.72. The third-order valence-electron chi connectivity index (χ3n) is 2.78. The van der Waals surface area contributed by atoms with Crippen molar-refractivity contribution < 1.29 is 32.6 Å². The molecule has 1 aromatic carbocycles. The van der Waals surface area contributed by atoms with E-state index in [1.807, 2.05) is 0 Å². The molecule has 0 aliphatic carbocycles. The molecule has 120 valence electrons. The molecule has 1 rings (SSSR count). The Morgan fingerprint density at radius 3 is 2.41 bits per heavy atom. The predicted molar refractivity (Wildman–Crippen MR) is 72.4 cm³/mol. The molecule has 0 unspecified atom stereocenters. The van der Waals surface area contributed by atoms with E-state index in [2.05, 4.69) is 9.47 Å². The average Bonchev–Trinajstić information content (AvgIpc) is 2.48. The molecular formula is C14H15F2NO5. The molecular weight excluding hydrogens is 300 g/mol. The average molecular weight is 315 g/mol. The number of nitrogens with zero attached hydrogens (tertiary/aromatic N) is 1. The topological polar surface area (TPSA) is 72.9 Å². The van der Waals surface area contributed by atoms with E-state index in [1.54, 1.807) is 6.92 Å². The molecule has 8 heteroatoms. The van der Waals surface area contributed by atoms with Crippen molar-refractivity contribution in [2.75, 3.05) is 25.7 Å². The summed E-state index contributed by atoms with van der Waals surface area (Å²) in [5, 5.41) is 0. The van der Waals surface area contributed by atoms with E-state index < -0.39 is 41.6 Å². The summed E-state index contributed by atoms with van der Waals surface area (Å²) in [5.41, 5.74) is -0.928. The maximum Gasteiger partial charge on any atom is 0.340 e. The van der Waals surface area contributed by atoms with Crippen LogP contribution in [0.4, 0.5) is 14.5 Å². The molecule has 0 aromatic heterocycles. The molecule has 0 N–H and O–H groups in total. The van der Waals surface area contributed by atoms with Crippen LogP contribution in [0.25, 0.3) is 0 Å². The zero-order valence-electron chi connectivity index (χ0n) is 12.3. The van der Waals surface area contributed by atoms with Gasteiger partial charge in [-0.3, -0.25) is 9.59 Å². The van der Waals surface area contributed by atoms with E-state index in [1.165, 1.54) is 0 Å². The fourth-order valence-corrected chi connectivity index (χ4v) is 1.72. The Kier molecular flexibility index (Phi) is 5.97. The van der Waals surface area contributed by atoms with Gasteiger partial charge in [0, 0.05) is 7.05 Å². The molecule has 6 nitrogen and oxygen atoms in total. The number of methoxy groups -OCH3 is 1. The van der Waals surface area contributed by atoms with Crippen LogP contribution in [0.2, 0.25) is 0 Å². The summed E-state index contributed by atoms with van der Waals surface area (Å²) in [6, 6.07) is 1.74. The second-order valence-electron chi connectivity index (χ2n) is 4.18. The molecule has 0 saturated heterocycles. The van der Waals surface area contributed by atoms with Crippen molar-refractivity contribution in [1.82, 2.24) is 0 Å². The first-order chi connectivity index (χ1) is 10.3. The van der Waals surface area contributed by atoms with E-state index in [0.29, 0.717) is 4.90 Å². The molecule has 1 amide bonds. The first-order valence-electron chi connectivity index (χ1n) is 6.31. The number of esters is 2. The lowest BCUT2D eigenvalue weighted by Gasteiger charge is -2.20. The van der Waals surface area contributed by atoms with Crippen LogP contribution >= 0.6 is 0 Å². The van der Waals surface area contributed by atoms with Crippen LogP contribution in [-0.4, -0.2) is 38.6 Å². The van der Waals surface area contributed by atoms with Gasteiger partial charge in [0.2, 0.25) is 5.91 Å². The van der Waals surface area contributed by atoms with Gasteiger partial charge in [-0.25, -0.2) is 13.6 Å². The Bertz CT molecular complexity index is 603. The predicted octanol–water partition coefficient (Wildman–Crippen LogP) is 1.67. The smallest absolute Gasteiger partial charge is 0.340 e. The van der Waals surface area contributed by atoms with Crippen molar-refractivity contribution in [3.05, 3.63) is 29.3 Å². The summed E-state index contributed by atoms with van der Waals surface area (Å²) in [7, 11) is 2.18. The number of anilines is 1. The Labute approximate surface area is 125 Å². The van der Waals surface area contributed by atoms with Gasteiger partial charge in [0.05, 0.1) is 25.0 Å². The summed E-state index contributed by atoms with van der Waals surface area (Å²) in [6.45, 7) is 1.64. The van der Waals surface area contributed by atoms with Crippen molar-refractivity contribution in [2.45, 2.75) is 13.3 Å². The quantitative estimate of drug-likeness (QED) is 0.610. The minimum absolute atomic E-state index is 0.0809. The molecule has 0 aliphatic heterocycles. The van der Waals surface area contributed by atoms with Gasteiger partial charge in [-0.05, 0) is 19.1 Å². The molecule has 1 aromatic rings. The van der Waals surface area contributed by atoms with Crippen molar-refractivity contribution in [3.8, 4) is 0 Å². The lowest BCUT2D eigenvalue weighted by molar-refractivity contribution is -0.145. The number of amides is 1. The van der Waals surface area contributed by atoms with Crippen LogP contribution in [-0.2, 0) is 19.1 Å². The molecule has 0 bridgehead atoms. The standard InChI is InChI=1S/C14H15F2NO5/c1-4-22-11(19)7-10(18)17(2)13-8(14(20)21-3)5-6-9(15)12(13)16/h5-6H,4,7H2,1-3H3. The van der Waals surface area contributed by atoms with Gasteiger partial charge in [0.15, 0.2) is 11.6 Å². The summed E-state index contributed by atoms with van der Waals surface area (Å²) in [5.74, 6) is -5.23. The molecule has 0 radical (unpaired) electrons.